The van der Waals surface area contributed by atoms with Gasteiger partial charge < -0.3 is 30.5 Å². The monoisotopic (exact) mass is 509 g/mol. The number of aromatic amines is 1. The van der Waals surface area contributed by atoms with Crippen molar-refractivity contribution in [2.45, 2.75) is 24.5 Å². The number of hydrogen-bond donors (Lipinski definition) is 6. The largest absolute Gasteiger partial charge is 0.496 e. The molecule has 0 saturated carbocycles. The lowest BCUT2D eigenvalue weighted by Crippen LogP contribution is -2.33. The fourth-order valence-corrected chi connectivity index (χ4v) is 3.90. The van der Waals surface area contributed by atoms with Crippen molar-refractivity contribution in [1.82, 2.24) is 19.5 Å². The molecule has 0 amide bonds. The molecule has 3 aromatic rings. The van der Waals surface area contributed by atoms with Gasteiger partial charge in [0.1, 0.15) is 24.1 Å². The molecule has 32 heavy (non-hydrogen) atoms. The van der Waals surface area contributed by atoms with Gasteiger partial charge in [0.05, 0.1) is 24.4 Å². The maximum absolute atomic E-state index is 12.3. The number of aliphatic hydroxyl groups is 3. The van der Waals surface area contributed by atoms with E-state index in [-0.39, 0.29) is 23.1 Å². The summed E-state index contributed by atoms with van der Waals surface area (Å²) in [6.45, 7) is -0.523. The molecule has 7 N–H and O–H groups in total. The molecule has 0 unspecified atom stereocenters. The predicted octanol–water partition coefficient (Wildman–Crippen LogP) is -0.470. The topological polar surface area (TPSA) is 193 Å². The second-order valence-corrected chi connectivity index (χ2v) is 7.78. The number of nitrogens with two attached hydrogens (primary N) is 1. The van der Waals surface area contributed by atoms with Gasteiger partial charge in [-0.1, -0.05) is 0 Å². The summed E-state index contributed by atoms with van der Waals surface area (Å²) in [7, 11) is 1.56. The molecule has 1 saturated heterocycles. The van der Waals surface area contributed by atoms with E-state index in [1.807, 2.05) is 0 Å². The van der Waals surface area contributed by atoms with Gasteiger partial charge in [0.25, 0.3) is 5.56 Å². The van der Waals surface area contributed by atoms with Gasteiger partial charge in [0, 0.05) is 0 Å². The van der Waals surface area contributed by atoms with Gasteiger partial charge in [-0.3, -0.25) is 14.3 Å². The Bertz CT molecular complexity index is 1230. The van der Waals surface area contributed by atoms with Crippen LogP contribution in [0.1, 0.15) is 11.8 Å². The summed E-state index contributed by atoms with van der Waals surface area (Å²) in [5.74, 6) is 0.486. The van der Waals surface area contributed by atoms with Crippen LogP contribution in [-0.2, 0) is 4.74 Å². The Morgan fingerprint density at radius 3 is 2.84 bits per heavy atom. The number of H-pyrrole nitrogens is 1. The standard InChI is InChI=1S/C18H20BrN7O6/c1-31-9-3-2-7(4-8(9)19)5-21-25-18-22-11-14(23-17(20)24-15(11)30)26(18)16-13(29)12(28)10(6-27)32-16/h2-5,10,12-13,16,27-29H,6H2,1H3,(H,22,25)(H3,20,23,24,30)/b21-5-/t10-,12+,13+,16+/m0/s1. The zero-order valence-electron chi connectivity index (χ0n) is 16.6. The molecule has 1 fully saturated rings. The summed E-state index contributed by atoms with van der Waals surface area (Å²) in [6, 6.07) is 5.31. The van der Waals surface area contributed by atoms with Gasteiger partial charge in [0.2, 0.25) is 11.9 Å². The van der Waals surface area contributed by atoms with Crippen LogP contribution in [-0.4, -0.2) is 73.1 Å². The van der Waals surface area contributed by atoms with Crippen LogP contribution in [0.2, 0.25) is 0 Å². The summed E-state index contributed by atoms with van der Waals surface area (Å²) < 4.78 is 12.8. The Balaban J connectivity index is 1.73. The first-order chi connectivity index (χ1) is 15.3. The molecule has 1 aliphatic rings. The first-order valence-electron chi connectivity index (χ1n) is 9.36. The number of nitrogens with zero attached hydrogens (tertiary/aromatic N) is 4. The van der Waals surface area contributed by atoms with Gasteiger partial charge >= 0.3 is 0 Å². The molecule has 0 aliphatic carbocycles. The van der Waals surface area contributed by atoms with Crippen LogP contribution in [0, 0.1) is 0 Å². The highest BCUT2D eigenvalue weighted by molar-refractivity contribution is 9.10. The van der Waals surface area contributed by atoms with Crippen molar-refractivity contribution in [3.05, 3.63) is 38.6 Å². The van der Waals surface area contributed by atoms with E-state index >= 15 is 0 Å². The van der Waals surface area contributed by atoms with Gasteiger partial charge in [-0.05, 0) is 39.7 Å². The number of aliphatic hydroxyl groups excluding tert-OH is 3. The second-order valence-electron chi connectivity index (χ2n) is 6.92. The van der Waals surface area contributed by atoms with Crippen molar-refractivity contribution in [2.24, 2.45) is 5.10 Å². The van der Waals surface area contributed by atoms with E-state index in [2.05, 4.69) is 41.4 Å². The molecule has 0 bridgehead atoms. The van der Waals surface area contributed by atoms with E-state index in [0.717, 1.165) is 10.0 Å². The number of aromatic nitrogens is 4. The third kappa shape index (κ3) is 3.93. The number of hydrogen-bond acceptors (Lipinski definition) is 11. The van der Waals surface area contributed by atoms with Crippen molar-refractivity contribution in [3.63, 3.8) is 0 Å². The molecule has 4 rings (SSSR count). The van der Waals surface area contributed by atoms with Crippen molar-refractivity contribution >= 4 is 45.2 Å². The Morgan fingerprint density at radius 1 is 1.41 bits per heavy atom. The zero-order valence-corrected chi connectivity index (χ0v) is 18.2. The minimum absolute atomic E-state index is 0.00210. The fourth-order valence-electron chi connectivity index (χ4n) is 3.34. The third-order valence-corrected chi connectivity index (χ3v) is 5.51. The highest BCUT2D eigenvalue weighted by atomic mass is 79.9. The molecular formula is C18H20BrN7O6. The van der Waals surface area contributed by atoms with Crippen LogP contribution >= 0.6 is 15.9 Å². The average Bonchev–Trinajstić information content (AvgIpc) is 3.25. The maximum atomic E-state index is 12.3. The molecule has 2 aromatic heterocycles. The number of halogens is 1. The van der Waals surface area contributed by atoms with Gasteiger partial charge in [0.15, 0.2) is 17.4 Å². The molecule has 1 aliphatic heterocycles. The van der Waals surface area contributed by atoms with Crippen molar-refractivity contribution in [2.75, 3.05) is 24.9 Å². The number of rotatable bonds is 6. The number of anilines is 2. The molecule has 14 heteroatoms. The molecule has 170 valence electrons. The van der Waals surface area contributed by atoms with E-state index in [0.29, 0.717) is 5.75 Å². The quantitative estimate of drug-likeness (QED) is 0.187. The zero-order chi connectivity index (χ0) is 23.0. The smallest absolute Gasteiger partial charge is 0.280 e. The van der Waals surface area contributed by atoms with Crippen molar-refractivity contribution in [3.8, 4) is 5.75 Å². The summed E-state index contributed by atoms with van der Waals surface area (Å²) in [5.41, 5.74) is 8.40. The lowest BCUT2D eigenvalue weighted by atomic mass is 10.1. The molecule has 0 spiro atoms. The normalized spacial score (nSPS) is 23.3. The first-order valence-corrected chi connectivity index (χ1v) is 10.2. The van der Waals surface area contributed by atoms with Gasteiger partial charge in [-0.25, -0.2) is 10.4 Å². The van der Waals surface area contributed by atoms with Crippen LogP contribution in [0.3, 0.4) is 0 Å². The Labute approximate surface area is 188 Å². The average molecular weight is 510 g/mol. The fraction of sp³-hybridized carbons (Fsp3) is 0.333. The van der Waals surface area contributed by atoms with Crippen LogP contribution in [0.15, 0.2) is 32.6 Å². The first kappa shape index (κ1) is 22.2. The van der Waals surface area contributed by atoms with E-state index in [9.17, 15) is 20.1 Å². The molecule has 3 heterocycles. The number of nitrogen functional groups attached to an aromatic ring is 1. The number of methoxy groups -OCH3 is 1. The van der Waals surface area contributed by atoms with E-state index < -0.39 is 36.7 Å². The SMILES string of the molecule is COc1ccc(/C=N\Nc2nc3c(=O)[nH]c(N)nc3n2[C@@H]2O[C@@H](CO)[C@@H](O)[C@H]2O)cc1Br. The molecule has 0 radical (unpaired) electrons. The number of imidazole rings is 1. The van der Waals surface area contributed by atoms with Crippen molar-refractivity contribution in [1.29, 1.82) is 0 Å². The highest BCUT2D eigenvalue weighted by Crippen LogP contribution is 2.34. The number of nitrogens with one attached hydrogen (secondary N) is 2. The Kier molecular flexibility index (Phi) is 6.12. The number of fused-ring (bicyclic) bond motifs is 1. The van der Waals surface area contributed by atoms with Crippen molar-refractivity contribution < 1.29 is 24.8 Å². The molecule has 4 atom stereocenters. The Hall–Kier alpha value is -3.04. The van der Waals surface area contributed by atoms with E-state index in [4.69, 9.17) is 15.2 Å². The van der Waals surface area contributed by atoms with Gasteiger partial charge in [-0.15, -0.1) is 0 Å². The van der Waals surface area contributed by atoms with E-state index in [1.54, 1.807) is 25.3 Å². The summed E-state index contributed by atoms with van der Waals surface area (Å²) in [5, 5.41) is 34.2. The maximum Gasteiger partial charge on any atom is 0.280 e. The molecular weight excluding hydrogens is 490 g/mol. The third-order valence-electron chi connectivity index (χ3n) is 4.89. The van der Waals surface area contributed by atoms with Crippen LogP contribution < -0.4 is 21.5 Å². The lowest BCUT2D eigenvalue weighted by molar-refractivity contribution is -0.0501. The minimum Gasteiger partial charge on any atom is -0.496 e. The van der Waals surface area contributed by atoms with Crippen LogP contribution in [0.4, 0.5) is 11.9 Å². The number of ether oxygens (including phenoxy) is 2. The minimum atomic E-state index is -1.44. The lowest BCUT2D eigenvalue weighted by Gasteiger charge is -2.18. The van der Waals surface area contributed by atoms with E-state index in [1.165, 1.54) is 10.8 Å². The Morgan fingerprint density at radius 2 is 2.19 bits per heavy atom. The number of benzene rings is 1. The number of hydrazone groups is 1. The highest BCUT2D eigenvalue weighted by Gasteiger charge is 2.45. The molecule has 13 nitrogen and oxygen atoms in total. The predicted molar refractivity (Wildman–Crippen MR) is 117 cm³/mol. The molecule has 1 aromatic carbocycles. The van der Waals surface area contributed by atoms with Crippen LogP contribution in [0.25, 0.3) is 11.2 Å². The van der Waals surface area contributed by atoms with Crippen LogP contribution in [0.5, 0.6) is 5.75 Å². The second kappa shape index (κ2) is 8.84. The summed E-state index contributed by atoms with van der Waals surface area (Å²) in [6.07, 6.45) is -3.56. The summed E-state index contributed by atoms with van der Waals surface area (Å²) in [4.78, 5) is 22.9. The van der Waals surface area contributed by atoms with Gasteiger partial charge in [-0.2, -0.15) is 10.1 Å². The summed E-state index contributed by atoms with van der Waals surface area (Å²) >= 11 is 3.39.